The summed E-state index contributed by atoms with van der Waals surface area (Å²) in [5.41, 5.74) is 10.5. The Hall–Kier alpha value is -6.27. The fourth-order valence-corrected chi connectivity index (χ4v) is 21.8. The molecule has 3 N–H and O–H groups in total. The number of carbonyl (C=O) groups is 3. The number of carbonyl (C=O) groups excluding carboxylic acids is 3. The van der Waals surface area contributed by atoms with Gasteiger partial charge in [-0.05, 0) is 208 Å². The quantitative estimate of drug-likeness (QED) is 0.112. The van der Waals surface area contributed by atoms with Crippen molar-refractivity contribution in [2.75, 3.05) is 0 Å². The minimum atomic E-state index is -4.52. The Kier molecular flexibility index (Phi) is 21.2. The van der Waals surface area contributed by atoms with E-state index in [0.29, 0.717) is 21.3 Å². The largest absolute Gasteiger partial charge is 0.435 e. The summed E-state index contributed by atoms with van der Waals surface area (Å²) < 4.78 is 40.8. The average molecular weight is 1520 g/mol. The van der Waals surface area contributed by atoms with Crippen molar-refractivity contribution in [3.8, 4) is 33.1 Å². The number of alkyl halides is 3. The van der Waals surface area contributed by atoms with Crippen LogP contribution in [0.2, 0.25) is 30.1 Å². The summed E-state index contributed by atoms with van der Waals surface area (Å²) in [5.74, 6) is 1.85. The Morgan fingerprint density at radius 3 is 1.23 bits per heavy atom. The van der Waals surface area contributed by atoms with Gasteiger partial charge < -0.3 is 16.0 Å². The minimum Gasteiger partial charge on any atom is -0.353 e. The van der Waals surface area contributed by atoms with Crippen molar-refractivity contribution in [3.05, 3.63) is 225 Å². The topological polar surface area (TPSA) is 131 Å². The highest BCUT2D eigenvalue weighted by atomic mass is 35.5. The second-order valence-corrected chi connectivity index (χ2v) is 32.7. The number of rotatable bonds is 12. The molecule has 3 saturated carbocycles. The van der Waals surface area contributed by atoms with Gasteiger partial charge in [0.2, 0.25) is 17.7 Å². The molecule has 0 bridgehead atoms. The Balaban J connectivity index is 0.000000136. The fraction of sp³-hybridized carbons (Fsp3) is 0.400. The van der Waals surface area contributed by atoms with Crippen LogP contribution >= 0.6 is 92.3 Å². The summed E-state index contributed by atoms with van der Waals surface area (Å²) in [5, 5.41) is 22.5. The van der Waals surface area contributed by atoms with Gasteiger partial charge in [0.15, 0.2) is 5.69 Å². The Bertz CT molecular complexity index is 4320. The highest BCUT2D eigenvalue weighted by Gasteiger charge is 2.62. The van der Waals surface area contributed by atoms with E-state index in [1.54, 1.807) is 34.8 Å². The molecule has 3 aliphatic carbocycles. The number of hydrogen-bond acceptors (Lipinski definition) is 8. The van der Waals surface area contributed by atoms with E-state index in [2.05, 4.69) is 121 Å². The van der Waals surface area contributed by atoms with Crippen molar-refractivity contribution in [2.24, 2.45) is 41.0 Å². The van der Waals surface area contributed by atoms with E-state index < -0.39 is 17.3 Å². The van der Waals surface area contributed by atoms with Crippen molar-refractivity contribution in [1.29, 1.82) is 0 Å². The van der Waals surface area contributed by atoms with Crippen LogP contribution < -0.4 is 16.0 Å². The number of amides is 3. The number of halogens is 9. The molecule has 3 amide bonds. The van der Waals surface area contributed by atoms with Crippen LogP contribution in [0.1, 0.15) is 174 Å². The van der Waals surface area contributed by atoms with Gasteiger partial charge in [-0.3, -0.25) is 19.1 Å². The van der Waals surface area contributed by atoms with Gasteiger partial charge in [0, 0.05) is 107 Å². The lowest BCUT2D eigenvalue weighted by Crippen LogP contribution is -2.43. The van der Waals surface area contributed by atoms with Crippen LogP contribution in [0.4, 0.5) is 13.2 Å². The molecule has 0 unspecified atom stereocenters. The van der Waals surface area contributed by atoms with Gasteiger partial charge >= 0.3 is 6.18 Å². The zero-order valence-electron chi connectivity index (χ0n) is 57.0. The van der Waals surface area contributed by atoms with E-state index in [9.17, 15) is 27.6 Å². The predicted molar refractivity (Wildman–Crippen MR) is 404 cm³/mol. The van der Waals surface area contributed by atoms with Crippen LogP contribution in [0.15, 0.2) is 156 Å². The first-order chi connectivity index (χ1) is 48.3. The molecule has 0 radical (unpaired) electrons. The van der Waals surface area contributed by atoms with Crippen molar-refractivity contribution in [1.82, 2.24) is 35.7 Å². The Labute approximate surface area is 626 Å². The summed E-state index contributed by atoms with van der Waals surface area (Å²) in [6, 6.07) is 43.5. The SMILES string of the molecule is CC[C@@]12CC[C@@H](c3ccc(-c4cc(C(F)(F)F)nn4C)cc3Cl)[C@H](c3ccc(Cl)cc3)[C@@H]1[C@@H](C)NC2=O.CC[C@@]12CC[C@@H](c3ccc(-c4cscn4)cc3Cl)[C@H](c3ccc(Cl)cc3)[C@@H]1[C@@H](C)NC2=O.CC[C@@]12CC[C@@H](c3ccc(-c4nccs4)cc3Cl)[C@H](c3ccc(Cl)cc3)[C@@H]1[C@@H](C)NC2=O. The monoisotopic (exact) mass is 1520 g/mol. The van der Waals surface area contributed by atoms with Gasteiger partial charge in [-0.15, -0.1) is 22.7 Å². The van der Waals surface area contributed by atoms with Gasteiger partial charge in [-0.2, -0.15) is 18.3 Å². The van der Waals surface area contributed by atoms with Crippen LogP contribution in [0.3, 0.4) is 0 Å². The number of thiazole rings is 2. The minimum absolute atomic E-state index is 0.00999. The molecule has 101 heavy (non-hydrogen) atoms. The maximum absolute atomic E-state index is 13.2. The summed E-state index contributed by atoms with van der Waals surface area (Å²) in [6.07, 6.45) is 4.85. The van der Waals surface area contributed by atoms with Gasteiger partial charge in [0.1, 0.15) is 5.01 Å². The Morgan fingerprint density at radius 1 is 0.515 bits per heavy atom. The first kappa shape index (κ1) is 73.1. The average Bonchev–Trinajstić information content (AvgIpc) is 1.64. The van der Waals surface area contributed by atoms with E-state index in [1.807, 2.05) is 89.2 Å². The predicted octanol–water partition coefficient (Wildman–Crippen LogP) is 22.2. The van der Waals surface area contributed by atoms with E-state index in [-0.39, 0.29) is 99.9 Å². The third kappa shape index (κ3) is 13.5. The van der Waals surface area contributed by atoms with Crippen LogP contribution in [0.5, 0.6) is 0 Å². The molecular weight excluding hydrogens is 1440 g/mol. The first-order valence-electron chi connectivity index (χ1n) is 34.8. The standard InChI is InChI=1S/C28H28Cl2F3N3O.2C26H26Cl2N2OS/c1-4-27-12-11-20(24(16-5-8-18(29)9-6-16)25(27)15(2)34-26(27)37)19-10-7-17(13-21(19)30)22-14-23(28(31,32)33)35-36(22)3;1-3-26-11-10-20(19-9-6-17(12-21(19)28)22-13-32-14-29-22)23(16-4-7-18(27)8-5-16)24(26)15(2)30-25(26)31;1-3-26-11-10-20(19-9-6-17(14-21(19)28)24-29-12-13-32-24)22(16-4-7-18(27)8-5-16)23(26)15(2)30-25(26)31/h5-10,13-15,20,24-25H,4,11-12H2,1-3H3,(H,34,37);4-9,12-15,20,23-24H,3,10-11H2,1-2H3,(H,30,31);4-9,12-15,20,22-23H,3,10-11H2,1-2H3,(H,30,31)/t15-,20+,24+,25+,27-;15-,20+,23+,24+,26-;15-,20+,22+,23+,26-/m111/s1. The second kappa shape index (κ2) is 29.3. The summed E-state index contributed by atoms with van der Waals surface area (Å²) in [4.78, 5) is 48.3. The maximum Gasteiger partial charge on any atom is 0.435 e. The molecule has 15 atom stereocenters. The zero-order valence-corrected chi connectivity index (χ0v) is 63.2. The number of benzene rings is 6. The highest BCUT2D eigenvalue weighted by molar-refractivity contribution is 7.13. The number of fused-ring (bicyclic) bond motifs is 3. The molecule has 3 saturated heterocycles. The molecule has 528 valence electrons. The lowest BCUT2D eigenvalue weighted by Gasteiger charge is -2.47. The maximum atomic E-state index is 13.2. The number of nitrogens with zero attached hydrogens (tertiary/aromatic N) is 4. The van der Waals surface area contributed by atoms with Crippen LogP contribution in [0.25, 0.3) is 33.1 Å². The van der Waals surface area contributed by atoms with Gasteiger partial charge in [0.05, 0.1) is 33.1 Å². The zero-order chi connectivity index (χ0) is 71.6. The third-order valence-electron chi connectivity index (χ3n) is 23.9. The van der Waals surface area contributed by atoms with Crippen LogP contribution in [-0.2, 0) is 27.6 Å². The number of hydrogen-bond donors (Lipinski definition) is 3. The molecule has 21 heteroatoms. The third-order valence-corrected chi connectivity index (χ3v) is 27.0. The van der Waals surface area contributed by atoms with Crippen molar-refractivity contribution in [2.45, 2.75) is 159 Å². The van der Waals surface area contributed by atoms with E-state index in [0.717, 1.165) is 128 Å². The van der Waals surface area contributed by atoms with E-state index in [1.165, 1.54) is 22.9 Å². The van der Waals surface area contributed by atoms with Crippen molar-refractivity contribution >= 4 is 110 Å². The van der Waals surface area contributed by atoms with E-state index >= 15 is 0 Å². The first-order valence-corrected chi connectivity index (χ1v) is 38.9. The molecular formula is C80H80Cl6F3N7O3S2. The Morgan fingerprint density at radius 2 is 0.891 bits per heavy atom. The molecule has 15 rings (SSSR count). The lowest BCUT2D eigenvalue weighted by atomic mass is 9.54. The van der Waals surface area contributed by atoms with Crippen molar-refractivity contribution < 1.29 is 27.6 Å². The summed E-state index contributed by atoms with van der Waals surface area (Å²) in [6.45, 7) is 12.8. The van der Waals surface area contributed by atoms with Crippen LogP contribution in [-0.4, -0.2) is 55.6 Å². The molecule has 9 aromatic rings. The normalized spacial score (nSPS) is 28.9. The molecule has 6 aromatic carbocycles. The van der Waals surface area contributed by atoms with Gasteiger partial charge in [0.25, 0.3) is 0 Å². The smallest absolute Gasteiger partial charge is 0.353 e. The number of nitrogens with one attached hydrogen (secondary N) is 3. The van der Waals surface area contributed by atoms with Gasteiger partial charge in [-0.1, -0.05) is 163 Å². The van der Waals surface area contributed by atoms with E-state index in [4.69, 9.17) is 69.6 Å². The molecule has 6 aliphatic rings. The molecule has 10 nitrogen and oxygen atoms in total. The highest BCUT2D eigenvalue weighted by Crippen LogP contribution is 2.64. The summed E-state index contributed by atoms with van der Waals surface area (Å²) in [7, 11) is 1.49. The lowest BCUT2D eigenvalue weighted by molar-refractivity contribution is -0.141. The molecule has 6 heterocycles. The molecule has 3 aliphatic heterocycles. The van der Waals surface area contributed by atoms with Crippen molar-refractivity contribution in [3.63, 3.8) is 0 Å². The summed E-state index contributed by atoms with van der Waals surface area (Å²) >= 11 is 42.5. The number of aryl methyl sites for hydroxylation is 1. The second-order valence-electron chi connectivity index (χ2n) is 28.5. The number of aromatic nitrogens is 4. The van der Waals surface area contributed by atoms with Crippen LogP contribution in [0, 0.1) is 34.0 Å². The molecule has 6 fully saturated rings. The fourth-order valence-electron chi connectivity index (χ4n) is 19.2. The molecule has 0 spiro atoms. The molecule has 3 aromatic heterocycles. The van der Waals surface area contributed by atoms with Gasteiger partial charge in [-0.25, -0.2) is 9.97 Å².